The summed E-state index contributed by atoms with van der Waals surface area (Å²) in [5.41, 5.74) is 0.985. The molecular weight excluding hydrogens is 343 g/mol. The lowest BCUT2D eigenvalue weighted by Gasteiger charge is -2.21. The van der Waals surface area contributed by atoms with Crippen molar-refractivity contribution in [3.63, 3.8) is 0 Å². The van der Waals surface area contributed by atoms with Crippen LogP contribution in [-0.2, 0) is 4.75 Å². The molecule has 1 unspecified atom stereocenters. The number of aromatic nitrogens is 2. The van der Waals surface area contributed by atoms with Crippen LogP contribution in [0, 0.1) is 10.5 Å². The minimum absolute atomic E-state index is 0.0682. The van der Waals surface area contributed by atoms with E-state index in [1.165, 1.54) is 12.2 Å². The molecule has 0 aromatic carbocycles. The summed E-state index contributed by atoms with van der Waals surface area (Å²) < 4.78 is 1.03. The van der Waals surface area contributed by atoms with Crippen molar-refractivity contribution < 1.29 is 0 Å². The van der Waals surface area contributed by atoms with Gasteiger partial charge in [-0.15, -0.1) is 11.8 Å². The first kappa shape index (κ1) is 11.9. The van der Waals surface area contributed by atoms with Crippen LogP contribution in [0.2, 0.25) is 5.15 Å². The van der Waals surface area contributed by atoms with Crippen LogP contribution >= 0.6 is 46.0 Å². The molecule has 2 heterocycles. The summed E-state index contributed by atoms with van der Waals surface area (Å²) in [6.45, 7) is 4.20. The molecule has 1 fully saturated rings. The molecule has 82 valence electrons. The quantitative estimate of drug-likeness (QED) is 0.567. The van der Waals surface area contributed by atoms with Crippen LogP contribution < -0.4 is 0 Å². The first-order valence-electron chi connectivity index (χ1n) is 4.87. The Morgan fingerprint density at radius 2 is 2.20 bits per heavy atom. The van der Waals surface area contributed by atoms with Crippen LogP contribution in [0.3, 0.4) is 0 Å². The van der Waals surface area contributed by atoms with Crippen molar-refractivity contribution in [2.75, 3.05) is 5.75 Å². The van der Waals surface area contributed by atoms with E-state index in [1.807, 2.05) is 18.7 Å². The zero-order chi connectivity index (χ0) is 11.1. The highest BCUT2D eigenvalue weighted by atomic mass is 127. The monoisotopic (exact) mass is 354 g/mol. The lowest BCUT2D eigenvalue weighted by atomic mass is 10.0. The fourth-order valence-corrected chi connectivity index (χ4v) is 3.42. The van der Waals surface area contributed by atoms with E-state index >= 15 is 0 Å². The van der Waals surface area contributed by atoms with Crippen LogP contribution in [0.5, 0.6) is 0 Å². The first-order valence-corrected chi connectivity index (χ1v) is 7.31. The van der Waals surface area contributed by atoms with Gasteiger partial charge in [0.25, 0.3) is 0 Å². The molecule has 2 rings (SSSR count). The van der Waals surface area contributed by atoms with Gasteiger partial charge in [-0.3, -0.25) is 0 Å². The van der Waals surface area contributed by atoms with E-state index in [-0.39, 0.29) is 4.75 Å². The fourth-order valence-electron chi connectivity index (χ4n) is 1.72. The number of hydrogen-bond donors (Lipinski definition) is 0. The van der Waals surface area contributed by atoms with Gasteiger partial charge in [-0.25, -0.2) is 9.97 Å². The van der Waals surface area contributed by atoms with Crippen molar-refractivity contribution in [2.45, 2.75) is 31.4 Å². The van der Waals surface area contributed by atoms with Gasteiger partial charge in [-0.05, 0) is 55.0 Å². The van der Waals surface area contributed by atoms with Gasteiger partial charge in [0.1, 0.15) is 11.0 Å². The molecule has 1 aromatic rings. The van der Waals surface area contributed by atoms with Crippen LogP contribution in [0.25, 0.3) is 0 Å². The van der Waals surface area contributed by atoms with Gasteiger partial charge in [0.15, 0.2) is 0 Å². The number of rotatable bonds is 1. The van der Waals surface area contributed by atoms with Gasteiger partial charge < -0.3 is 0 Å². The Bertz CT molecular complexity index is 368. The van der Waals surface area contributed by atoms with Gasteiger partial charge in [0.2, 0.25) is 0 Å². The summed E-state index contributed by atoms with van der Waals surface area (Å²) in [6, 6.07) is 0. The molecule has 1 aliphatic rings. The number of nitrogens with zero attached hydrogens (tertiary/aromatic N) is 2. The molecule has 0 radical (unpaired) electrons. The van der Waals surface area contributed by atoms with Crippen molar-refractivity contribution in [3.05, 3.63) is 20.2 Å². The van der Waals surface area contributed by atoms with Gasteiger partial charge in [-0.1, -0.05) is 11.6 Å². The molecule has 15 heavy (non-hydrogen) atoms. The van der Waals surface area contributed by atoms with E-state index in [9.17, 15) is 0 Å². The number of halogens is 2. The Morgan fingerprint density at radius 1 is 1.47 bits per heavy atom. The molecule has 0 spiro atoms. The van der Waals surface area contributed by atoms with Crippen molar-refractivity contribution in [1.29, 1.82) is 0 Å². The Hall–Kier alpha value is 0.450. The summed E-state index contributed by atoms with van der Waals surface area (Å²) in [4.78, 5) is 8.98. The molecular formula is C10H12ClIN2S. The van der Waals surface area contributed by atoms with E-state index in [4.69, 9.17) is 11.6 Å². The first-order chi connectivity index (χ1) is 7.03. The summed E-state index contributed by atoms with van der Waals surface area (Å²) in [6.07, 6.45) is 2.39. The predicted octanol–water partition coefficient (Wildman–Crippen LogP) is 3.79. The second-order valence-electron chi connectivity index (χ2n) is 3.92. The maximum absolute atomic E-state index is 6.09. The van der Waals surface area contributed by atoms with Crippen molar-refractivity contribution >= 4 is 46.0 Å². The third-order valence-electron chi connectivity index (χ3n) is 2.67. The summed E-state index contributed by atoms with van der Waals surface area (Å²) in [5.74, 6) is 2.09. The summed E-state index contributed by atoms with van der Waals surface area (Å²) >= 11 is 10.2. The molecule has 1 aromatic heterocycles. The molecule has 0 saturated carbocycles. The van der Waals surface area contributed by atoms with E-state index in [2.05, 4.69) is 39.5 Å². The molecule has 1 aliphatic heterocycles. The maximum atomic E-state index is 6.09. The third-order valence-corrected chi connectivity index (χ3v) is 6.07. The van der Waals surface area contributed by atoms with Crippen LogP contribution in [0.4, 0.5) is 0 Å². The number of hydrogen-bond acceptors (Lipinski definition) is 3. The van der Waals surface area contributed by atoms with Crippen LogP contribution in [-0.4, -0.2) is 15.7 Å². The van der Waals surface area contributed by atoms with Crippen molar-refractivity contribution in [2.24, 2.45) is 0 Å². The lowest BCUT2D eigenvalue weighted by molar-refractivity contribution is 0.601. The third kappa shape index (κ3) is 2.26. The molecule has 0 amide bonds. The second-order valence-corrected chi connectivity index (χ2v) is 6.96. The topological polar surface area (TPSA) is 25.8 Å². The molecule has 1 saturated heterocycles. The average molecular weight is 355 g/mol. The molecule has 0 N–H and O–H groups in total. The average Bonchev–Trinajstić information content (AvgIpc) is 2.62. The van der Waals surface area contributed by atoms with Crippen LogP contribution in [0.1, 0.15) is 31.3 Å². The van der Waals surface area contributed by atoms with Crippen molar-refractivity contribution in [1.82, 2.24) is 9.97 Å². The summed E-state index contributed by atoms with van der Waals surface area (Å²) in [5, 5.41) is 0.590. The molecule has 0 bridgehead atoms. The van der Waals surface area contributed by atoms with Gasteiger partial charge in [0.05, 0.1) is 14.0 Å². The fraction of sp³-hybridized carbons (Fsp3) is 0.600. The van der Waals surface area contributed by atoms with E-state index < -0.39 is 0 Å². The summed E-state index contributed by atoms with van der Waals surface area (Å²) in [7, 11) is 0. The highest BCUT2D eigenvalue weighted by molar-refractivity contribution is 14.1. The Morgan fingerprint density at radius 3 is 2.73 bits per heavy atom. The molecule has 0 aliphatic carbocycles. The normalized spacial score (nSPS) is 25.9. The Kier molecular flexibility index (Phi) is 3.48. The predicted molar refractivity (Wildman–Crippen MR) is 73.5 cm³/mol. The molecule has 1 atom stereocenters. The molecule has 2 nitrogen and oxygen atoms in total. The zero-order valence-electron chi connectivity index (χ0n) is 8.68. The Labute approximate surface area is 113 Å². The standard InChI is InChI=1S/C10H12ClIN2S/c1-6-7(12)8(11)14-9(13-6)10(2)4-3-5-15-10/h3-5H2,1-2H3. The molecule has 5 heteroatoms. The van der Waals surface area contributed by atoms with E-state index in [0.29, 0.717) is 5.15 Å². The minimum Gasteiger partial charge on any atom is -0.236 e. The minimum atomic E-state index is 0.0682. The highest BCUT2D eigenvalue weighted by Gasteiger charge is 2.34. The van der Waals surface area contributed by atoms with Crippen molar-refractivity contribution in [3.8, 4) is 0 Å². The van der Waals surface area contributed by atoms with E-state index in [0.717, 1.165) is 21.5 Å². The second kappa shape index (κ2) is 4.37. The zero-order valence-corrected chi connectivity index (χ0v) is 12.4. The smallest absolute Gasteiger partial charge is 0.146 e. The highest BCUT2D eigenvalue weighted by Crippen LogP contribution is 2.45. The van der Waals surface area contributed by atoms with Gasteiger partial charge in [-0.2, -0.15) is 0 Å². The Balaban J connectivity index is 2.45. The van der Waals surface area contributed by atoms with Gasteiger partial charge in [0, 0.05) is 0 Å². The van der Waals surface area contributed by atoms with Gasteiger partial charge >= 0.3 is 0 Å². The SMILES string of the molecule is Cc1nc(C2(C)CCCS2)nc(Cl)c1I. The lowest BCUT2D eigenvalue weighted by Crippen LogP contribution is -2.18. The van der Waals surface area contributed by atoms with Crippen LogP contribution in [0.15, 0.2) is 0 Å². The number of thioether (sulfide) groups is 1. The van der Waals surface area contributed by atoms with E-state index in [1.54, 1.807) is 0 Å². The largest absolute Gasteiger partial charge is 0.236 e. The number of aryl methyl sites for hydroxylation is 1. The maximum Gasteiger partial charge on any atom is 0.146 e.